The number of hydrogen-bond acceptors (Lipinski definition) is 6. The van der Waals surface area contributed by atoms with Crippen LogP contribution in [0.3, 0.4) is 0 Å². The van der Waals surface area contributed by atoms with E-state index in [2.05, 4.69) is 21.1 Å². The number of phenolic OH excluding ortho intramolecular Hbond substituents is 2. The normalized spacial score (nSPS) is 11.1. The lowest BCUT2D eigenvalue weighted by molar-refractivity contribution is -0.122. The van der Waals surface area contributed by atoms with Crippen LogP contribution in [-0.4, -0.2) is 34.5 Å². The third-order valence-electron chi connectivity index (χ3n) is 3.57. The highest BCUT2D eigenvalue weighted by Crippen LogP contribution is 2.20. The molecule has 0 aliphatic rings. The van der Waals surface area contributed by atoms with Crippen LogP contribution in [0.2, 0.25) is 10.0 Å². The Morgan fingerprint density at radius 1 is 0.828 bits per heavy atom. The lowest BCUT2D eigenvalue weighted by Crippen LogP contribution is -2.20. The molecule has 2 amide bonds. The highest BCUT2D eigenvalue weighted by Gasteiger charge is 2.05. The highest BCUT2D eigenvalue weighted by atomic mass is 35.5. The molecule has 152 valence electrons. The van der Waals surface area contributed by atoms with E-state index in [1.54, 1.807) is 0 Å². The Morgan fingerprint density at radius 3 is 1.66 bits per heavy atom. The molecular weight excluding hydrogens is 419 g/mol. The Balaban J connectivity index is 1.69. The van der Waals surface area contributed by atoms with Gasteiger partial charge in [-0.3, -0.25) is 9.59 Å². The number of carbonyl (C=O) groups is 2. The van der Waals surface area contributed by atoms with Crippen LogP contribution in [0.15, 0.2) is 46.6 Å². The molecule has 0 atom stereocenters. The summed E-state index contributed by atoms with van der Waals surface area (Å²) in [7, 11) is 0. The fourth-order valence-corrected chi connectivity index (χ4v) is 2.49. The van der Waals surface area contributed by atoms with E-state index in [1.165, 1.54) is 48.8 Å². The molecule has 2 aromatic rings. The Kier molecular flexibility index (Phi) is 8.45. The Labute approximate surface area is 176 Å². The summed E-state index contributed by atoms with van der Waals surface area (Å²) in [6, 6.07) is 8.89. The molecule has 29 heavy (non-hydrogen) atoms. The second-order valence-electron chi connectivity index (χ2n) is 5.85. The maximum absolute atomic E-state index is 11.7. The molecule has 2 rings (SSSR count). The highest BCUT2D eigenvalue weighted by molar-refractivity contribution is 6.31. The van der Waals surface area contributed by atoms with Crippen molar-refractivity contribution in [2.24, 2.45) is 10.2 Å². The van der Waals surface area contributed by atoms with Gasteiger partial charge in [0.25, 0.3) is 0 Å². The first kappa shape index (κ1) is 22.2. The van der Waals surface area contributed by atoms with Crippen molar-refractivity contribution in [3.8, 4) is 11.5 Å². The van der Waals surface area contributed by atoms with E-state index < -0.39 is 0 Å². The van der Waals surface area contributed by atoms with Gasteiger partial charge in [0.2, 0.25) is 11.8 Å². The Hall–Kier alpha value is -3.10. The summed E-state index contributed by atoms with van der Waals surface area (Å²) < 4.78 is 0. The largest absolute Gasteiger partial charge is 0.507 e. The fourth-order valence-electron chi connectivity index (χ4n) is 2.13. The number of rotatable bonds is 8. The minimum Gasteiger partial charge on any atom is -0.507 e. The fraction of sp³-hybridized carbons (Fsp3) is 0.158. The summed E-state index contributed by atoms with van der Waals surface area (Å²) in [6.07, 6.45) is 2.97. The number of aromatic hydroxyl groups is 2. The summed E-state index contributed by atoms with van der Waals surface area (Å²) in [5, 5.41) is 27.6. The third kappa shape index (κ3) is 7.81. The van der Waals surface area contributed by atoms with Crippen LogP contribution in [0.25, 0.3) is 0 Å². The topological polar surface area (TPSA) is 123 Å². The number of hydrazone groups is 2. The van der Waals surface area contributed by atoms with E-state index in [9.17, 15) is 19.8 Å². The molecule has 0 unspecified atom stereocenters. The summed E-state index contributed by atoms with van der Waals surface area (Å²) >= 11 is 11.6. The maximum atomic E-state index is 11.7. The first-order chi connectivity index (χ1) is 13.8. The smallest absolute Gasteiger partial charge is 0.240 e. The number of nitrogens with zero attached hydrogens (tertiary/aromatic N) is 2. The van der Waals surface area contributed by atoms with Gasteiger partial charge in [-0.2, -0.15) is 10.2 Å². The molecule has 0 saturated carbocycles. The van der Waals surface area contributed by atoms with E-state index in [0.717, 1.165) is 0 Å². The molecular formula is C19H18Cl2N4O4. The van der Waals surface area contributed by atoms with Crippen LogP contribution >= 0.6 is 23.2 Å². The van der Waals surface area contributed by atoms with Crippen molar-refractivity contribution in [1.82, 2.24) is 10.9 Å². The van der Waals surface area contributed by atoms with Crippen LogP contribution in [0.5, 0.6) is 11.5 Å². The first-order valence-corrected chi connectivity index (χ1v) is 9.21. The van der Waals surface area contributed by atoms with Gasteiger partial charge in [0, 0.05) is 34.0 Å². The van der Waals surface area contributed by atoms with Gasteiger partial charge in [-0.15, -0.1) is 0 Å². The summed E-state index contributed by atoms with van der Waals surface area (Å²) in [4.78, 5) is 23.4. The van der Waals surface area contributed by atoms with Crippen molar-refractivity contribution in [2.45, 2.75) is 19.3 Å². The van der Waals surface area contributed by atoms with E-state index in [0.29, 0.717) is 21.2 Å². The molecule has 10 heteroatoms. The van der Waals surface area contributed by atoms with Crippen molar-refractivity contribution in [1.29, 1.82) is 0 Å². The van der Waals surface area contributed by atoms with Gasteiger partial charge in [0.1, 0.15) is 11.5 Å². The van der Waals surface area contributed by atoms with Crippen LogP contribution in [0.4, 0.5) is 0 Å². The predicted octanol–water partition coefficient (Wildman–Crippen LogP) is 3.18. The average Bonchev–Trinajstić information content (AvgIpc) is 2.67. The van der Waals surface area contributed by atoms with Crippen molar-refractivity contribution in [3.05, 3.63) is 57.6 Å². The van der Waals surface area contributed by atoms with Gasteiger partial charge >= 0.3 is 0 Å². The lowest BCUT2D eigenvalue weighted by Gasteiger charge is -2.02. The van der Waals surface area contributed by atoms with E-state index >= 15 is 0 Å². The SMILES string of the molecule is O=C(CCCC(=O)NN=Cc1cc(Cl)ccc1O)NN=Cc1cc(Cl)ccc1O. The number of carbonyl (C=O) groups excluding carboxylic acids is 2. The van der Waals surface area contributed by atoms with Crippen LogP contribution in [0, 0.1) is 0 Å². The molecule has 2 aromatic carbocycles. The van der Waals surface area contributed by atoms with Crippen LogP contribution in [0.1, 0.15) is 30.4 Å². The molecule has 0 aliphatic heterocycles. The van der Waals surface area contributed by atoms with Crippen molar-refractivity contribution in [3.63, 3.8) is 0 Å². The monoisotopic (exact) mass is 436 g/mol. The maximum Gasteiger partial charge on any atom is 0.240 e. The van der Waals surface area contributed by atoms with Crippen molar-refractivity contribution in [2.75, 3.05) is 0 Å². The molecule has 4 N–H and O–H groups in total. The number of nitrogens with one attached hydrogen (secondary N) is 2. The quantitative estimate of drug-likeness (QED) is 0.374. The zero-order valence-electron chi connectivity index (χ0n) is 15.1. The van der Waals surface area contributed by atoms with Gasteiger partial charge in [0.05, 0.1) is 12.4 Å². The molecule has 0 aromatic heterocycles. The molecule has 0 spiro atoms. The standard InChI is InChI=1S/C19H18Cl2N4O4/c20-14-4-6-16(26)12(8-14)10-22-24-18(28)2-1-3-19(29)25-23-11-13-9-15(21)5-7-17(13)27/h4-11,26-27H,1-3H2,(H,24,28)(H,25,29). The molecule has 0 heterocycles. The van der Waals surface area contributed by atoms with Crippen molar-refractivity contribution < 1.29 is 19.8 Å². The number of phenols is 2. The third-order valence-corrected chi connectivity index (χ3v) is 4.04. The van der Waals surface area contributed by atoms with Gasteiger partial charge in [-0.25, -0.2) is 10.9 Å². The average molecular weight is 437 g/mol. The van der Waals surface area contributed by atoms with Gasteiger partial charge in [-0.1, -0.05) is 23.2 Å². The first-order valence-electron chi connectivity index (χ1n) is 8.46. The second-order valence-corrected chi connectivity index (χ2v) is 6.72. The van der Waals surface area contributed by atoms with E-state index in [1.807, 2.05) is 0 Å². The lowest BCUT2D eigenvalue weighted by atomic mass is 10.2. The molecule has 8 nitrogen and oxygen atoms in total. The van der Waals surface area contributed by atoms with E-state index in [-0.39, 0.29) is 42.6 Å². The minimum absolute atomic E-state index is 0.0179. The number of halogens is 2. The zero-order valence-corrected chi connectivity index (χ0v) is 16.6. The van der Waals surface area contributed by atoms with Gasteiger partial charge in [0.15, 0.2) is 0 Å². The second kappa shape index (κ2) is 11.0. The summed E-state index contributed by atoms with van der Waals surface area (Å²) in [5.74, 6) is -0.808. The minimum atomic E-state index is -0.386. The van der Waals surface area contributed by atoms with Crippen LogP contribution in [-0.2, 0) is 9.59 Å². The Bertz CT molecular complexity index is 872. The summed E-state index contributed by atoms with van der Waals surface area (Å²) in [5.41, 5.74) is 5.33. The predicted molar refractivity (Wildman–Crippen MR) is 112 cm³/mol. The van der Waals surface area contributed by atoms with Crippen molar-refractivity contribution >= 4 is 47.4 Å². The van der Waals surface area contributed by atoms with E-state index in [4.69, 9.17) is 23.2 Å². The summed E-state index contributed by atoms with van der Waals surface area (Å²) in [6.45, 7) is 0. The van der Waals surface area contributed by atoms with Gasteiger partial charge < -0.3 is 10.2 Å². The molecule has 0 radical (unpaired) electrons. The zero-order chi connectivity index (χ0) is 21.2. The molecule has 0 aliphatic carbocycles. The molecule has 0 bridgehead atoms. The molecule has 0 fully saturated rings. The van der Waals surface area contributed by atoms with Gasteiger partial charge in [-0.05, 0) is 42.8 Å². The number of hydrogen-bond donors (Lipinski definition) is 4. The Morgan fingerprint density at radius 2 is 1.24 bits per heavy atom. The number of amides is 2. The number of benzene rings is 2. The van der Waals surface area contributed by atoms with Crippen LogP contribution < -0.4 is 10.9 Å². The molecule has 0 saturated heterocycles.